The molecule has 0 spiro atoms. The number of fused-ring (bicyclic) bond motifs is 2. The number of carbonyl (C=O) groups is 1. The summed E-state index contributed by atoms with van der Waals surface area (Å²) in [7, 11) is 0. The molecule has 1 amide bonds. The fourth-order valence-electron chi connectivity index (χ4n) is 4.38. The van der Waals surface area contributed by atoms with E-state index >= 15 is 0 Å². The molecule has 6 nitrogen and oxygen atoms in total. The normalized spacial score (nSPS) is 15.2. The summed E-state index contributed by atoms with van der Waals surface area (Å²) in [5.74, 6) is 1.40. The van der Waals surface area contributed by atoms with Gasteiger partial charge < -0.3 is 10.1 Å². The summed E-state index contributed by atoms with van der Waals surface area (Å²) in [5, 5.41) is 8.33. The van der Waals surface area contributed by atoms with Crippen LogP contribution in [0, 0.1) is 6.92 Å². The van der Waals surface area contributed by atoms with E-state index in [1.54, 1.807) is 16.0 Å². The first kappa shape index (κ1) is 20.6. The van der Waals surface area contributed by atoms with E-state index in [0.717, 1.165) is 37.8 Å². The zero-order valence-corrected chi connectivity index (χ0v) is 19.4. The molecule has 34 heavy (non-hydrogen) atoms. The van der Waals surface area contributed by atoms with E-state index in [4.69, 9.17) is 9.72 Å². The van der Waals surface area contributed by atoms with Gasteiger partial charge in [0.15, 0.2) is 0 Å². The van der Waals surface area contributed by atoms with E-state index < -0.39 is 0 Å². The van der Waals surface area contributed by atoms with Crippen molar-refractivity contribution in [1.82, 2.24) is 14.8 Å². The van der Waals surface area contributed by atoms with Crippen LogP contribution in [0.25, 0.3) is 15.3 Å². The second kappa shape index (κ2) is 8.43. The quantitative estimate of drug-likeness (QED) is 0.353. The molecule has 7 heteroatoms. The van der Waals surface area contributed by atoms with E-state index in [2.05, 4.69) is 35.5 Å². The topological polar surface area (TPSA) is 69.0 Å². The zero-order chi connectivity index (χ0) is 23.1. The molecule has 1 N–H and O–H groups in total. The Morgan fingerprint density at radius 2 is 1.94 bits per heavy atom. The molecule has 5 aromatic rings. The Bertz CT molecular complexity index is 1470. The SMILES string of the molecule is Cc1cccc(COc2ccc([C@H]3CC(=O)Nc4c3cnn4-c3nc4ccccc4s3)cc2)c1. The average Bonchev–Trinajstić information content (AvgIpc) is 3.46. The van der Waals surface area contributed by atoms with E-state index in [-0.39, 0.29) is 11.8 Å². The molecule has 1 aliphatic rings. The molecule has 1 atom stereocenters. The first-order valence-electron chi connectivity index (χ1n) is 11.2. The van der Waals surface area contributed by atoms with Crippen molar-refractivity contribution >= 4 is 33.3 Å². The molecule has 0 saturated carbocycles. The van der Waals surface area contributed by atoms with Crippen molar-refractivity contribution in [3.8, 4) is 10.9 Å². The van der Waals surface area contributed by atoms with Crippen molar-refractivity contribution in [3.63, 3.8) is 0 Å². The Balaban J connectivity index is 1.26. The number of rotatable bonds is 5. The van der Waals surface area contributed by atoms with Crippen molar-refractivity contribution in [2.45, 2.75) is 25.9 Å². The lowest BCUT2D eigenvalue weighted by Gasteiger charge is -2.23. The van der Waals surface area contributed by atoms with Crippen LogP contribution in [0.15, 0.2) is 79.0 Å². The number of nitrogens with one attached hydrogen (secondary N) is 1. The summed E-state index contributed by atoms with van der Waals surface area (Å²) in [6.45, 7) is 2.60. The summed E-state index contributed by atoms with van der Waals surface area (Å²) in [6.07, 6.45) is 2.22. The number of anilines is 1. The number of aromatic nitrogens is 3. The number of carbonyl (C=O) groups excluding carboxylic acids is 1. The summed E-state index contributed by atoms with van der Waals surface area (Å²) in [4.78, 5) is 17.3. The van der Waals surface area contributed by atoms with Crippen molar-refractivity contribution in [1.29, 1.82) is 0 Å². The molecule has 0 fully saturated rings. The van der Waals surface area contributed by atoms with Crippen LogP contribution in [0.1, 0.15) is 34.6 Å². The van der Waals surface area contributed by atoms with Gasteiger partial charge in [-0.1, -0.05) is 65.4 Å². The fourth-order valence-corrected chi connectivity index (χ4v) is 5.31. The van der Waals surface area contributed by atoms with Gasteiger partial charge in [0.25, 0.3) is 0 Å². The summed E-state index contributed by atoms with van der Waals surface area (Å²) in [5.41, 5.74) is 5.33. The standard InChI is InChI=1S/C27H22N4O2S/c1-17-5-4-6-18(13-17)16-33-20-11-9-19(10-12-20)21-14-25(32)30-26-22(21)15-28-31(26)27-29-23-7-2-3-8-24(23)34-27/h2-13,15,21H,14,16H2,1H3,(H,30,32)/t21-/m1/s1. The molecule has 3 aromatic carbocycles. The summed E-state index contributed by atoms with van der Waals surface area (Å²) >= 11 is 1.55. The van der Waals surface area contributed by atoms with Gasteiger partial charge in [-0.3, -0.25) is 4.79 Å². The third-order valence-corrected chi connectivity index (χ3v) is 7.07. The number of hydrogen-bond donors (Lipinski definition) is 1. The minimum atomic E-state index is -0.0716. The maximum Gasteiger partial charge on any atom is 0.226 e. The highest BCUT2D eigenvalue weighted by Crippen LogP contribution is 2.39. The van der Waals surface area contributed by atoms with Crippen LogP contribution >= 0.6 is 11.3 Å². The van der Waals surface area contributed by atoms with Crippen LogP contribution in [0.4, 0.5) is 5.82 Å². The maximum absolute atomic E-state index is 12.6. The molecular formula is C27H22N4O2S. The molecule has 1 aliphatic heterocycles. The molecule has 168 valence electrons. The third kappa shape index (κ3) is 3.84. The van der Waals surface area contributed by atoms with Crippen molar-refractivity contribution in [2.75, 3.05) is 5.32 Å². The Hall–Kier alpha value is -3.97. The van der Waals surface area contributed by atoms with E-state index in [0.29, 0.717) is 18.8 Å². The first-order chi connectivity index (χ1) is 16.6. The zero-order valence-electron chi connectivity index (χ0n) is 18.6. The number of benzene rings is 3. The van der Waals surface area contributed by atoms with Gasteiger partial charge in [-0.05, 0) is 42.3 Å². The molecule has 0 aliphatic carbocycles. The third-order valence-electron chi connectivity index (χ3n) is 6.05. The largest absolute Gasteiger partial charge is 0.489 e. The number of amides is 1. The van der Waals surface area contributed by atoms with Crippen LogP contribution < -0.4 is 10.1 Å². The van der Waals surface area contributed by atoms with Crippen molar-refractivity contribution < 1.29 is 9.53 Å². The lowest BCUT2D eigenvalue weighted by molar-refractivity contribution is -0.116. The van der Waals surface area contributed by atoms with Crippen LogP contribution in [0.2, 0.25) is 0 Å². The number of nitrogens with zero attached hydrogens (tertiary/aromatic N) is 3. The summed E-state index contributed by atoms with van der Waals surface area (Å²) < 4.78 is 8.79. The highest BCUT2D eigenvalue weighted by molar-refractivity contribution is 7.20. The number of thiazole rings is 1. The van der Waals surface area contributed by atoms with E-state index in [1.165, 1.54) is 5.56 Å². The molecule has 3 heterocycles. The molecule has 6 rings (SSSR count). The van der Waals surface area contributed by atoms with Gasteiger partial charge in [-0.15, -0.1) is 0 Å². The van der Waals surface area contributed by atoms with Crippen LogP contribution in [0.3, 0.4) is 0 Å². The number of aryl methyl sites for hydroxylation is 1. The first-order valence-corrected chi connectivity index (χ1v) is 12.0. The van der Waals surface area contributed by atoms with Gasteiger partial charge in [-0.2, -0.15) is 9.78 Å². The average molecular weight is 467 g/mol. The molecule has 0 radical (unpaired) electrons. The van der Waals surface area contributed by atoms with Crippen molar-refractivity contribution in [2.24, 2.45) is 0 Å². The highest BCUT2D eigenvalue weighted by atomic mass is 32.1. The Kier molecular flexibility index (Phi) is 5.11. The van der Waals surface area contributed by atoms with Gasteiger partial charge in [0.2, 0.25) is 11.0 Å². The van der Waals surface area contributed by atoms with Crippen LogP contribution in [0.5, 0.6) is 5.75 Å². The predicted molar refractivity (Wildman–Crippen MR) is 134 cm³/mol. The van der Waals surface area contributed by atoms with Gasteiger partial charge >= 0.3 is 0 Å². The molecule has 0 unspecified atom stereocenters. The van der Waals surface area contributed by atoms with E-state index in [9.17, 15) is 4.79 Å². The second-order valence-electron chi connectivity index (χ2n) is 8.48. The molecule has 2 aromatic heterocycles. The van der Waals surface area contributed by atoms with Crippen LogP contribution in [-0.4, -0.2) is 20.7 Å². The maximum atomic E-state index is 12.6. The van der Waals surface area contributed by atoms with Gasteiger partial charge in [0.1, 0.15) is 18.2 Å². The lowest BCUT2D eigenvalue weighted by atomic mass is 9.87. The number of ether oxygens (including phenoxy) is 1. The Morgan fingerprint density at radius 1 is 1.09 bits per heavy atom. The van der Waals surface area contributed by atoms with Gasteiger partial charge in [-0.25, -0.2) is 4.98 Å². The smallest absolute Gasteiger partial charge is 0.226 e. The minimum absolute atomic E-state index is 0.0277. The molecule has 0 saturated heterocycles. The van der Waals surface area contributed by atoms with Crippen molar-refractivity contribution in [3.05, 3.63) is 101 Å². The highest BCUT2D eigenvalue weighted by Gasteiger charge is 2.31. The van der Waals surface area contributed by atoms with Gasteiger partial charge in [0.05, 0.1) is 16.4 Å². The molecular weight excluding hydrogens is 444 g/mol. The second-order valence-corrected chi connectivity index (χ2v) is 9.49. The lowest BCUT2D eigenvalue weighted by Crippen LogP contribution is -2.24. The van der Waals surface area contributed by atoms with Gasteiger partial charge in [0, 0.05) is 17.9 Å². The van der Waals surface area contributed by atoms with Crippen LogP contribution in [-0.2, 0) is 11.4 Å². The Morgan fingerprint density at radius 3 is 2.76 bits per heavy atom. The van der Waals surface area contributed by atoms with E-state index in [1.807, 2.05) is 60.8 Å². The fraction of sp³-hybridized carbons (Fsp3) is 0.148. The Labute approximate surface area is 200 Å². The number of para-hydroxylation sites is 1. The predicted octanol–water partition coefficient (Wildman–Crippen LogP) is 5.84. The minimum Gasteiger partial charge on any atom is -0.489 e. The summed E-state index contributed by atoms with van der Waals surface area (Å²) in [6, 6.07) is 24.3. The molecule has 0 bridgehead atoms. The monoisotopic (exact) mass is 466 g/mol. The number of hydrogen-bond acceptors (Lipinski definition) is 5.